The number of fused-ring (bicyclic) bond motifs is 3. The maximum atomic E-state index is 6.15. The van der Waals surface area contributed by atoms with Gasteiger partial charge in [-0.05, 0) is 31.4 Å². The average molecular weight is 297 g/mol. The summed E-state index contributed by atoms with van der Waals surface area (Å²) in [6.07, 6.45) is 10.1. The molecular formula is C18H17ClN2. The van der Waals surface area contributed by atoms with Gasteiger partial charge in [0, 0.05) is 22.5 Å². The van der Waals surface area contributed by atoms with E-state index in [4.69, 9.17) is 11.6 Å². The van der Waals surface area contributed by atoms with Gasteiger partial charge in [-0.15, -0.1) is 11.6 Å². The number of hydrogen-bond donors (Lipinski definition) is 0. The summed E-state index contributed by atoms with van der Waals surface area (Å²) in [5.41, 5.74) is 3.46. The molecule has 3 aromatic rings. The number of aromatic nitrogens is 2. The lowest BCUT2D eigenvalue weighted by Crippen LogP contribution is -2.09. The highest BCUT2D eigenvalue weighted by atomic mass is 35.5. The maximum absolute atomic E-state index is 6.15. The molecule has 4 rings (SSSR count). The van der Waals surface area contributed by atoms with Gasteiger partial charge in [-0.3, -0.25) is 4.98 Å². The third-order valence-electron chi connectivity index (χ3n) is 4.38. The van der Waals surface area contributed by atoms with Gasteiger partial charge in [0.2, 0.25) is 0 Å². The number of rotatable bonds is 2. The minimum atomic E-state index is 0.410. The van der Waals surface area contributed by atoms with E-state index in [0.717, 1.165) is 5.69 Å². The highest BCUT2D eigenvalue weighted by Gasteiger charge is 2.19. The number of pyridine rings is 1. The van der Waals surface area contributed by atoms with Gasteiger partial charge in [0.05, 0.1) is 23.1 Å². The molecule has 1 aliphatic carbocycles. The van der Waals surface area contributed by atoms with Gasteiger partial charge in [-0.2, -0.15) is 0 Å². The molecule has 0 amide bonds. The van der Waals surface area contributed by atoms with Crippen LogP contribution >= 0.6 is 11.6 Å². The van der Waals surface area contributed by atoms with Crippen molar-refractivity contribution >= 4 is 33.4 Å². The number of alkyl halides is 1. The van der Waals surface area contributed by atoms with E-state index in [1.165, 1.54) is 41.1 Å². The fraction of sp³-hybridized carbons (Fsp3) is 0.278. The number of para-hydroxylation sites is 1. The molecule has 21 heavy (non-hydrogen) atoms. The van der Waals surface area contributed by atoms with Crippen LogP contribution in [-0.2, 0) is 5.88 Å². The molecule has 1 aliphatic rings. The lowest BCUT2D eigenvalue weighted by molar-refractivity contribution is 0.541. The highest BCUT2D eigenvalue weighted by Crippen LogP contribution is 2.36. The second kappa shape index (κ2) is 5.19. The Labute approximate surface area is 129 Å². The summed E-state index contributed by atoms with van der Waals surface area (Å²) in [5, 5.41) is 2.55. The number of nitrogens with zero attached hydrogens (tertiary/aromatic N) is 2. The largest absolute Gasteiger partial charge is 0.332 e. The van der Waals surface area contributed by atoms with Crippen molar-refractivity contribution in [2.75, 3.05) is 0 Å². The van der Waals surface area contributed by atoms with Crippen LogP contribution in [0.15, 0.2) is 48.7 Å². The second-order valence-electron chi connectivity index (χ2n) is 5.60. The van der Waals surface area contributed by atoms with Crippen LogP contribution in [0.3, 0.4) is 0 Å². The Morgan fingerprint density at radius 2 is 2.10 bits per heavy atom. The fourth-order valence-electron chi connectivity index (χ4n) is 3.47. The highest BCUT2D eigenvalue weighted by molar-refractivity contribution is 6.18. The van der Waals surface area contributed by atoms with Crippen molar-refractivity contribution in [2.24, 2.45) is 0 Å². The van der Waals surface area contributed by atoms with E-state index in [-0.39, 0.29) is 0 Å². The Bertz CT molecular complexity index is 832. The molecule has 0 N–H and O–H groups in total. The van der Waals surface area contributed by atoms with E-state index in [9.17, 15) is 0 Å². The number of hydrogen-bond acceptors (Lipinski definition) is 1. The SMILES string of the molecule is ClCc1nccc2c3ccccc3n(C3C=CCCC3)c12. The third kappa shape index (κ3) is 1.97. The Morgan fingerprint density at radius 1 is 1.19 bits per heavy atom. The van der Waals surface area contributed by atoms with Gasteiger partial charge in [0.15, 0.2) is 0 Å². The number of benzene rings is 1. The molecule has 0 bridgehead atoms. The third-order valence-corrected chi connectivity index (χ3v) is 4.63. The van der Waals surface area contributed by atoms with Crippen LogP contribution in [0.4, 0.5) is 0 Å². The molecule has 106 valence electrons. The first kappa shape index (κ1) is 12.9. The monoisotopic (exact) mass is 296 g/mol. The van der Waals surface area contributed by atoms with Crippen molar-refractivity contribution in [3.05, 3.63) is 54.4 Å². The molecule has 3 heteroatoms. The summed E-state index contributed by atoms with van der Waals surface area (Å²) in [6, 6.07) is 11.1. The standard InChI is InChI=1S/C18H17ClN2/c19-12-16-18-15(10-11-20-16)14-8-4-5-9-17(14)21(18)13-6-2-1-3-7-13/h2,4-6,8-11,13H,1,3,7,12H2. The first-order chi connectivity index (χ1) is 10.4. The quantitative estimate of drug-likeness (QED) is 0.469. The van der Waals surface area contributed by atoms with E-state index in [0.29, 0.717) is 11.9 Å². The van der Waals surface area contributed by atoms with Crippen molar-refractivity contribution in [3.63, 3.8) is 0 Å². The molecule has 0 fully saturated rings. The summed E-state index contributed by atoms with van der Waals surface area (Å²) >= 11 is 6.15. The van der Waals surface area contributed by atoms with Gasteiger partial charge in [0.25, 0.3) is 0 Å². The molecule has 0 spiro atoms. The van der Waals surface area contributed by atoms with Gasteiger partial charge in [-0.1, -0.05) is 30.4 Å². The Balaban J connectivity index is 2.13. The predicted molar refractivity (Wildman–Crippen MR) is 88.8 cm³/mol. The zero-order chi connectivity index (χ0) is 14.2. The molecule has 0 aliphatic heterocycles. The van der Waals surface area contributed by atoms with Crippen LogP contribution in [0.2, 0.25) is 0 Å². The topological polar surface area (TPSA) is 17.8 Å². The summed E-state index contributed by atoms with van der Waals surface area (Å²) < 4.78 is 2.44. The van der Waals surface area contributed by atoms with Crippen LogP contribution in [0, 0.1) is 0 Å². The molecule has 0 saturated heterocycles. The molecule has 2 heterocycles. The molecule has 1 unspecified atom stereocenters. The lowest BCUT2D eigenvalue weighted by atomic mass is 10.0. The molecule has 2 nitrogen and oxygen atoms in total. The zero-order valence-corrected chi connectivity index (χ0v) is 12.6. The minimum absolute atomic E-state index is 0.410. The van der Waals surface area contributed by atoms with E-state index in [2.05, 4.69) is 52.0 Å². The van der Waals surface area contributed by atoms with Gasteiger partial charge in [0.1, 0.15) is 0 Å². The lowest BCUT2D eigenvalue weighted by Gasteiger charge is -2.21. The smallest absolute Gasteiger partial charge is 0.0794 e. The molecule has 0 radical (unpaired) electrons. The minimum Gasteiger partial charge on any atom is -0.332 e. The van der Waals surface area contributed by atoms with Crippen LogP contribution in [0.25, 0.3) is 21.8 Å². The van der Waals surface area contributed by atoms with Crippen molar-refractivity contribution in [1.82, 2.24) is 9.55 Å². The Hall–Kier alpha value is -1.80. The summed E-state index contributed by atoms with van der Waals surface area (Å²) in [6.45, 7) is 0. The molecule has 0 saturated carbocycles. The molecule has 1 aromatic carbocycles. The second-order valence-corrected chi connectivity index (χ2v) is 5.87. The van der Waals surface area contributed by atoms with E-state index in [1.54, 1.807) is 0 Å². The first-order valence-corrected chi connectivity index (χ1v) is 8.03. The molecular weight excluding hydrogens is 280 g/mol. The van der Waals surface area contributed by atoms with Gasteiger partial charge < -0.3 is 4.57 Å². The summed E-state index contributed by atoms with van der Waals surface area (Å²) in [4.78, 5) is 4.50. The van der Waals surface area contributed by atoms with E-state index < -0.39 is 0 Å². The first-order valence-electron chi connectivity index (χ1n) is 7.49. The Morgan fingerprint density at radius 3 is 2.90 bits per heavy atom. The van der Waals surface area contributed by atoms with Crippen LogP contribution in [0.5, 0.6) is 0 Å². The van der Waals surface area contributed by atoms with E-state index in [1.807, 2.05) is 6.20 Å². The van der Waals surface area contributed by atoms with Crippen molar-refractivity contribution in [1.29, 1.82) is 0 Å². The van der Waals surface area contributed by atoms with Crippen molar-refractivity contribution in [2.45, 2.75) is 31.2 Å². The maximum Gasteiger partial charge on any atom is 0.0794 e. The van der Waals surface area contributed by atoms with Crippen molar-refractivity contribution in [3.8, 4) is 0 Å². The number of allylic oxidation sites excluding steroid dienone is 2. The normalized spacial score (nSPS) is 18.6. The number of halogens is 1. The summed E-state index contributed by atoms with van der Waals surface area (Å²) in [7, 11) is 0. The van der Waals surface area contributed by atoms with Crippen LogP contribution in [-0.4, -0.2) is 9.55 Å². The van der Waals surface area contributed by atoms with E-state index >= 15 is 0 Å². The van der Waals surface area contributed by atoms with Crippen molar-refractivity contribution < 1.29 is 0 Å². The fourth-order valence-corrected chi connectivity index (χ4v) is 3.66. The van der Waals surface area contributed by atoms with Crippen LogP contribution in [0.1, 0.15) is 31.0 Å². The predicted octanol–water partition coefficient (Wildman–Crippen LogP) is 5.21. The van der Waals surface area contributed by atoms with Gasteiger partial charge >= 0.3 is 0 Å². The van der Waals surface area contributed by atoms with Crippen LogP contribution < -0.4 is 0 Å². The molecule has 1 atom stereocenters. The molecule has 2 aromatic heterocycles. The zero-order valence-electron chi connectivity index (χ0n) is 11.8. The summed E-state index contributed by atoms with van der Waals surface area (Å²) in [5.74, 6) is 0.449. The average Bonchev–Trinajstić information content (AvgIpc) is 2.90. The Kier molecular flexibility index (Phi) is 3.19. The van der Waals surface area contributed by atoms with Gasteiger partial charge in [-0.25, -0.2) is 0 Å².